The first-order valence-corrected chi connectivity index (χ1v) is 10.6. The topological polar surface area (TPSA) is 110 Å². The van der Waals surface area contributed by atoms with Crippen molar-refractivity contribution in [1.82, 2.24) is 25.0 Å². The first kappa shape index (κ1) is 19.4. The molecule has 164 valence electrons. The van der Waals surface area contributed by atoms with Crippen molar-refractivity contribution in [2.45, 2.75) is 25.4 Å². The summed E-state index contributed by atoms with van der Waals surface area (Å²) in [6.07, 6.45) is 3.80. The van der Waals surface area contributed by atoms with Gasteiger partial charge in [0.15, 0.2) is 12.0 Å². The number of nitrogens with one attached hydrogen (secondary N) is 1. The van der Waals surface area contributed by atoms with E-state index in [-0.39, 0.29) is 18.2 Å². The van der Waals surface area contributed by atoms with E-state index >= 15 is 0 Å². The van der Waals surface area contributed by atoms with Crippen molar-refractivity contribution in [2.24, 2.45) is 7.05 Å². The minimum Gasteiger partial charge on any atom is -0.443 e. The lowest BCUT2D eigenvalue weighted by atomic mass is 9.98. The summed E-state index contributed by atoms with van der Waals surface area (Å²) in [5.74, 6) is -0.895. The van der Waals surface area contributed by atoms with Gasteiger partial charge in [0.1, 0.15) is 11.6 Å². The van der Waals surface area contributed by atoms with Gasteiger partial charge in [-0.2, -0.15) is 5.10 Å². The molecule has 0 spiro atoms. The Hall–Kier alpha value is -4.27. The van der Waals surface area contributed by atoms with Crippen LogP contribution in [0.2, 0.25) is 0 Å². The number of aryl methyl sites for hydroxylation is 1. The maximum atomic E-state index is 13.0. The van der Waals surface area contributed by atoms with Crippen LogP contribution in [0.25, 0.3) is 33.5 Å². The number of imide groups is 1. The van der Waals surface area contributed by atoms with Gasteiger partial charge in [0.05, 0.1) is 11.9 Å². The van der Waals surface area contributed by atoms with E-state index in [1.54, 1.807) is 21.8 Å². The van der Waals surface area contributed by atoms with Crippen molar-refractivity contribution < 1.29 is 18.8 Å². The van der Waals surface area contributed by atoms with Gasteiger partial charge in [0, 0.05) is 36.7 Å². The summed E-state index contributed by atoms with van der Waals surface area (Å²) in [5.41, 5.74) is 6.61. The van der Waals surface area contributed by atoms with E-state index in [1.807, 2.05) is 37.4 Å². The van der Waals surface area contributed by atoms with Gasteiger partial charge in [-0.1, -0.05) is 12.1 Å². The second-order valence-electron chi connectivity index (χ2n) is 8.34. The zero-order valence-corrected chi connectivity index (χ0v) is 17.7. The average Bonchev–Trinajstić information content (AvgIpc) is 3.50. The fraction of sp³-hybridized carbons (Fsp3) is 0.208. The molecule has 4 heterocycles. The average molecular weight is 441 g/mol. The highest BCUT2D eigenvalue weighted by atomic mass is 16.3. The minimum absolute atomic E-state index is 0.187. The smallest absolute Gasteiger partial charge is 0.255 e. The fourth-order valence-corrected chi connectivity index (χ4v) is 4.74. The number of piperidine rings is 1. The van der Waals surface area contributed by atoms with Crippen LogP contribution in [-0.4, -0.2) is 43.4 Å². The number of carbonyl (C=O) groups excluding carboxylic acids is 3. The van der Waals surface area contributed by atoms with Gasteiger partial charge in [0.2, 0.25) is 11.8 Å². The SMILES string of the molecule is Cn1ncc(-c2ccc3c(c2)CN([C@H]2CCC(=O)NC2=O)C3=O)c1-c1ccc2ncoc2c1. The molecule has 0 radical (unpaired) electrons. The van der Waals surface area contributed by atoms with E-state index in [0.717, 1.165) is 33.5 Å². The van der Waals surface area contributed by atoms with Crippen LogP contribution < -0.4 is 5.32 Å². The molecule has 9 heteroatoms. The number of rotatable bonds is 3. The van der Waals surface area contributed by atoms with Crippen LogP contribution in [-0.2, 0) is 23.2 Å². The fourth-order valence-electron chi connectivity index (χ4n) is 4.74. The number of hydrogen-bond donors (Lipinski definition) is 1. The standard InChI is InChI=1S/C24H19N5O4/c1-28-22(14-3-5-18-20(9-14)33-12-25-18)17(10-26-28)13-2-4-16-15(8-13)11-29(24(16)32)19-6-7-21(30)27-23(19)31/h2-5,8-10,12,19H,6-7,11H2,1H3,(H,27,30,31)/t19-/m0/s1. The van der Waals surface area contributed by atoms with E-state index in [2.05, 4.69) is 15.4 Å². The predicted octanol–water partition coefficient (Wildman–Crippen LogP) is 2.66. The molecule has 6 rings (SSSR count). The quantitative estimate of drug-likeness (QED) is 0.490. The van der Waals surface area contributed by atoms with Gasteiger partial charge in [0.25, 0.3) is 5.91 Å². The molecule has 2 aromatic heterocycles. The monoisotopic (exact) mass is 441 g/mol. The normalized spacial score (nSPS) is 18.2. The Labute approximate surface area is 188 Å². The third-order valence-electron chi connectivity index (χ3n) is 6.38. The van der Waals surface area contributed by atoms with E-state index in [0.29, 0.717) is 24.1 Å². The molecule has 1 saturated heterocycles. The van der Waals surface area contributed by atoms with Crippen LogP contribution in [0, 0.1) is 0 Å². The maximum Gasteiger partial charge on any atom is 0.255 e. The molecule has 2 aliphatic rings. The highest BCUT2D eigenvalue weighted by Crippen LogP contribution is 2.36. The number of nitrogens with zero attached hydrogens (tertiary/aromatic N) is 4. The molecule has 4 aromatic rings. The molecule has 2 aromatic carbocycles. The van der Waals surface area contributed by atoms with Gasteiger partial charge in [-0.05, 0) is 41.8 Å². The summed E-state index contributed by atoms with van der Waals surface area (Å²) in [6, 6.07) is 10.9. The Kier molecular flexibility index (Phi) is 4.19. The molecule has 9 nitrogen and oxygen atoms in total. The van der Waals surface area contributed by atoms with Crippen molar-refractivity contribution in [3.05, 3.63) is 60.1 Å². The van der Waals surface area contributed by atoms with E-state index in [1.165, 1.54) is 6.39 Å². The molecule has 0 unspecified atom stereocenters. The summed E-state index contributed by atoms with van der Waals surface area (Å²) in [6.45, 7) is 0.327. The van der Waals surface area contributed by atoms with E-state index < -0.39 is 11.9 Å². The lowest BCUT2D eigenvalue weighted by Gasteiger charge is -2.29. The van der Waals surface area contributed by atoms with Gasteiger partial charge < -0.3 is 9.32 Å². The van der Waals surface area contributed by atoms with E-state index in [4.69, 9.17) is 4.42 Å². The number of carbonyl (C=O) groups is 3. The van der Waals surface area contributed by atoms with Crippen LogP contribution in [0.15, 0.2) is 53.4 Å². The summed E-state index contributed by atoms with van der Waals surface area (Å²) in [5, 5.41) is 6.79. The minimum atomic E-state index is -0.631. The van der Waals surface area contributed by atoms with Gasteiger partial charge >= 0.3 is 0 Å². The highest BCUT2D eigenvalue weighted by Gasteiger charge is 2.39. The van der Waals surface area contributed by atoms with Crippen LogP contribution in [0.3, 0.4) is 0 Å². The molecule has 0 bridgehead atoms. The van der Waals surface area contributed by atoms with Gasteiger partial charge in [-0.3, -0.25) is 24.4 Å². The number of aromatic nitrogens is 3. The zero-order valence-electron chi connectivity index (χ0n) is 17.7. The summed E-state index contributed by atoms with van der Waals surface area (Å²) in [7, 11) is 1.88. The second kappa shape index (κ2) is 7.13. The first-order valence-electron chi connectivity index (χ1n) is 10.6. The summed E-state index contributed by atoms with van der Waals surface area (Å²) < 4.78 is 7.27. The Balaban J connectivity index is 1.36. The van der Waals surface area contributed by atoms with Crippen LogP contribution in [0.5, 0.6) is 0 Å². The second-order valence-corrected chi connectivity index (χ2v) is 8.34. The van der Waals surface area contributed by atoms with Crippen LogP contribution >= 0.6 is 0 Å². The lowest BCUT2D eigenvalue weighted by Crippen LogP contribution is -2.52. The summed E-state index contributed by atoms with van der Waals surface area (Å²) in [4.78, 5) is 42.5. The third-order valence-corrected chi connectivity index (χ3v) is 6.38. The zero-order chi connectivity index (χ0) is 22.7. The van der Waals surface area contributed by atoms with Gasteiger partial charge in [-0.15, -0.1) is 0 Å². The largest absolute Gasteiger partial charge is 0.443 e. The molecule has 0 aliphatic carbocycles. The Morgan fingerprint density at radius 3 is 2.76 bits per heavy atom. The number of amides is 3. The molecular formula is C24H19N5O4. The number of benzene rings is 2. The van der Waals surface area contributed by atoms with Crippen molar-refractivity contribution in [3.63, 3.8) is 0 Å². The summed E-state index contributed by atoms with van der Waals surface area (Å²) >= 11 is 0. The molecule has 1 fully saturated rings. The van der Waals surface area contributed by atoms with E-state index in [9.17, 15) is 14.4 Å². The van der Waals surface area contributed by atoms with Crippen LogP contribution in [0.4, 0.5) is 0 Å². The Morgan fingerprint density at radius 2 is 1.91 bits per heavy atom. The third kappa shape index (κ3) is 3.04. The molecule has 1 atom stereocenters. The molecule has 1 N–H and O–H groups in total. The van der Waals surface area contributed by atoms with Crippen molar-refractivity contribution >= 4 is 28.8 Å². The first-order chi connectivity index (χ1) is 16.0. The number of fused-ring (bicyclic) bond motifs is 2. The molecular weight excluding hydrogens is 422 g/mol. The van der Waals surface area contributed by atoms with Crippen molar-refractivity contribution in [1.29, 1.82) is 0 Å². The molecule has 33 heavy (non-hydrogen) atoms. The molecule has 0 saturated carbocycles. The maximum absolute atomic E-state index is 13.0. The van der Waals surface area contributed by atoms with Crippen molar-refractivity contribution in [2.75, 3.05) is 0 Å². The predicted molar refractivity (Wildman–Crippen MR) is 118 cm³/mol. The highest BCUT2D eigenvalue weighted by molar-refractivity contribution is 6.05. The van der Waals surface area contributed by atoms with Crippen LogP contribution in [0.1, 0.15) is 28.8 Å². The molecule has 2 aliphatic heterocycles. The lowest BCUT2D eigenvalue weighted by molar-refractivity contribution is -0.136. The van der Waals surface area contributed by atoms with Crippen molar-refractivity contribution in [3.8, 4) is 22.4 Å². The molecule has 3 amide bonds. The number of oxazole rings is 1. The van der Waals surface area contributed by atoms with Gasteiger partial charge in [-0.25, -0.2) is 4.98 Å². The Bertz CT molecular complexity index is 1470. The Morgan fingerprint density at radius 1 is 1.06 bits per heavy atom. The number of hydrogen-bond acceptors (Lipinski definition) is 6.